The third-order valence-corrected chi connectivity index (χ3v) is 7.48. The Hall–Kier alpha value is -2.38. The van der Waals surface area contributed by atoms with E-state index < -0.39 is 10.0 Å². The smallest absolute Gasteiger partial charge is 0.264 e. The number of piperazine rings is 1. The maximum atomic E-state index is 13.5. The lowest BCUT2D eigenvalue weighted by Crippen LogP contribution is -2.51. The molecule has 7 heteroatoms. The van der Waals surface area contributed by atoms with Crippen LogP contribution in [0.3, 0.4) is 0 Å². The average molecular weight is 430 g/mol. The summed E-state index contributed by atoms with van der Waals surface area (Å²) in [6.45, 7) is 9.71. The Bertz CT molecular complexity index is 948. The fourth-order valence-electron chi connectivity index (χ4n) is 3.59. The van der Waals surface area contributed by atoms with E-state index in [1.807, 2.05) is 19.1 Å². The van der Waals surface area contributed by atoms with Crippen molar-refractivity contribution in [2.24, 2.45) is 0 Å². The van der Waals surface area contributed by atoms with Crippen molar-refractivity contribution in [3.63, 3.8) is 0 Å². The van der Waals surface area contributed by atoms with Gasteiger partial charge in [0.15, 0.2) is 0 Å². The van der Waals surface area contributed by atoms with Gasteiger partial charge >= 0.3 is 0 Å². The molecule has 1 heterocycles. The number of carbonyl (C=O) groups is 1. The molecule has 1 fully saturated rings. The van der Waals surface area contributed by atoms with Crippen LogP contribution in [0.15, 0.2) is 53.4 Å². The molecule has 0 unspecified atom stereocenters. The number of rotatable bonds is 7. The molecule has 30 heavy (non-hydrogen) atoms. The van der Waals surface area contributed by atoms with Crippen LogP contribution in [0.25, 0.3) is 0 Å². The monoisotopic (exact) mass is 429 g/mol. The molecular formula is C23H31N3O3S. The molecule has 1 saturated heterocycles. The lowest BCUT2D eigenvalue weighted by molar-refractivity contribution is -0.131. The number of amides is 1. The van der Waals surface area contributed by atoms with Crippen molar-refractivity contribution in [2.75, 3.05) is 43.6 Å². The van der Waals surface area contributed by atoms with Gasteiger partial charge in [0.25, 0.3) is 10.0 Å². The van der Waals surface area contributed by atoms with Crippen molar-refractivity contribution in [2.45, 2.75) is 32.1 Å². The van der Waals surface area contributed by atoms with E-state index >= 15 is 0 Å². The van der Waals surface area contributed by atoms with E-state index in [1.165, 1.54) is 4.31 Å². The molecule has 0 spiro atoms. The van der Waals surface area contributed by atoms with E-state index in [2.05, 4.69) is 18.7 Å². The van der Waals surface area contributed by atoms with E-state index in [0.29, 0.717) is 18.8 Å². The van der Waals surface area contributed by atoms with Gasteiger partial charge < -0.3 is 9.80 Å². The summed E-state index contributed by atoms with van der Waals surface area (Å²) in [7, 11) is -3.86. The number of benzene rings is 2. The second kappa shape index (κ2) is 9.62. The summed E-state index contributed by atoms with van der Waals surface area (Å²) < 4.78 is 28.2. The topological polar surface area (TPSA) is 60.9 Å². The van der Waals surface area contributed by atoms with Crippen molar-refractivity contribution in [3.8, 4) is 0 Å². The summed E-state index contributed by atoms with van der Waals surface area (Å²) in [4.78, 5) is 17.3. The Morgan fingerprint density at radius 3 is 2.07 bits per heavy atom. The Morgan fingerprint density at radius 2 is 1.53 bits per heavy atom. The third-order valence-electron chi connectivity index (χ3n) is 5.69. The number of aryl methyl sites for hydroxylation is 2. The molecule has 0 atom stereocenters. The van der Waals surface area contributed by atoms with Gasteiger partial charge in [0.2, 0.25) is 5.91 Å². The number of nitrogens with zero attached hydrogens (tertiary/aromatic N) is 3. The molecule has 0 radical (unpaired) electrons. The highest BCUT2D eigenvalue weighted by Crippen LogP contribution is 2.25. The first-order valence-electron chi connectivity index (χ1n) is 10.5. The summed E-state index contributed by atoms with van der Waals surface area (Å²) in [5, 5.41) is 0. The number of hydrogen-bond donors (Lipinski definition) is 0. The van der Waals surface area contributed by atoms with Gasteiger partial charge in [-0.25, -0.2) is 8.42 Å². The first-order valence-corrected chi connectivity index (χ1v) is 12.0. The molecule has 0 bridgehead atoms. The lowest BCUT2D eigenvalue weighted by Gasteiger charge is -2.35. The molecule has 0 aliphatic carbocycles. The Morgan fingerprint density at radius 1 is 0.933 bits per heavy atom. The second-order valence-electron chi connectivity index (χ2n) is 7.66. The SMILES string of the molecule is CCc1ccc(N(CC(=O)N2CCN(CC)CC2)S(=O)(=O)c2ccc(C)cc2)cc1. The van der Waals surface area contributed by atoms with E-state index in [9.17, 15) is 13.2 Å². The molecule has 1 amide bonds. The molecule has 0 aromatic heterocycles. The minimum Gasteiger partial charge on any atom is -0.339 e. The molecule has 1 aliphatic heterocycles. The third kappa shape index (κ3) is 5.02. The number of hydrogen-bond acceptors (Lipinski definition) is 4. The minimum atomic E-state index is -3.86. The van der Waals surface area contributed by atoms with E-state index in [1.54, 1.807) is 41.3 Å². The standard InChI is InChI=1S/C23H31N3O3S/c1-4-20-8-10-21(11-9-20)26(30(28,29)22-12-6-19(3)7-13-22)18-23(27)25-16-14-24(5-2)15-17-25/h6-13H,4-5,14-18H2,1-3H3. The Balaban J connectivity index is 1.89. The molecule has 162 valence electrons. The van der Waals surface area contributed by atoms with Crippen LogP contribution in [-0.2, 0) is 21.2 Å². The molecule has 0 N–H and O–H groups in total. The first kappa shape index (κ1) is 22.3. The summed E-state index contributed by atoms with van der Waals surface area (Å²) in [6.07, 6.45) is 0.867. The van der Waals surface area contributed by atoms with Gasteiger partial charge in [-0.2, -0.15) is 0 Å². The minimum absolute atomic E-state index is 0.166. The normalized spacial score (nSPS) is 15.2. The first-order chi connectivity index (χ1) is 14.3. The van der Waals surface area contributed by atoms with Gasteiger partial charge in [0.1, 0.15) is 6.54 Å². The summed E-state index contributed by atoms with van der Waals surface area (Å²) in [5.41, 5.74) is 2.61. The quantitative estimate of drug-likeness (QED) is 0.679. The zero-order valence-corrected chi connectivity index (χ0v) is 18.9. The maximum absolute atomic E-state index is 13.5. The fraction of sp³-hybridized carbons (Fsp3) is 0.435. The van der Waals surface area contributed by atoms with Gasteiger partial charge in [-0.1, -0.05) is 43.7 Å². The fourth-order valence-corrected chi connectivity index (χ4v) is 5.00. The Kier molecular flexibility index (Phi) is 7.15. The van der Waals surface area contributed by atoms with Crippen molar-refractivity contribution < 1.29 is 13.2 Å². The van der Waals surface area contributed by atoms with E-state index in [-0.39, 0.29) is 17.3 Å². The molecule has 1 aliphatic rings. The Labute approximate surface area is 180 Å². The van der Waals surface area contributed by atoms with Crippen LogP contribution in [0, 0.1) is 6.92 Å². The summed E-state index contributed by atoms with van der Waals surface area (Å²) in [5.74, 6) is -0.166. The van der Waals surface area contributed by atoms with E-state index in [0.717, 1.165) is 37.2 Å². The van der Waals surface area contributed by atoms with Gasteiger partial charge in [-0.15, -0.1) is 0 Å². The zero-order valence-electron chi connectivity index (χ0n) is 18.0. The van der Waals surface area contributed by atoms with Gasteiger partial charge in [-0.05, 0) is 49.7 Å². The highest BCUT2D eigenvalue weighted by atomic mass is 32.2. The zero-order chi connectivity index (χ0) is 21.7. The largest absolute Gasteiger partial charge is 0.339 e. The summed E-state index contributed by atoms with van der Waals surface area (Å²) >= 11 is 0. The summed E-state index contributed by atoms with van der Waals surface area (Å²) in [6, 6.07) is 14.1. The molecule has 0 saturated carbocycles. The molecular weight excluding hydrogens is 398 g/mol. The van der Waals surface area contributed by atoms with Crippen molar-refractivity contribution >= 4 is 21.6 Å². The number of carbonyl (C=O) groups excluding carboxylic acids is 1. The highest BCUT2D eigenvalue weighted by Gasteiger charge is 2.30. The van der Waals surface area contributed by atoms with Crippen LogP contribution < -0.4 is 4.31 Å². The molecule has 6 nitrogen and oxygen atoms in total. The van der Waals surface area contributed by atoms with Gasteiger partial charge in [0.05, 0.1) is 10.6 Å². The van der Waals surface area contributed by atoms with E-state index in [4.69, 9.17) is 0 Å². The highest BCUT2D eigenvalue weighted by molar-refractivity contribution is 7.92. The van der Waals surface area contributed by atoms with Crippen LogP contribution in [-0.4, -0.2) is 63.4 Å². The molecule has 3 rings (SSSR count). The van der Waals surface area contributed by atoms with Crippen LogP contribution >= 0.6 is 0 Å². The lowest BCUT2D eigenvalue weighted by atomic mass is 10.1. The number of likely N-dealkylation sites (N-methyl/N-ethyl adjacent to an activating group) is 1. The molecule has 2 aromatic rings. The van der Waals surface area contributed by atoms with Crippen LogP contribution in [0.2, 0.25) is 0 Å². The predicted octanol–water partition coefficient (Wildman–Crippen LogP) is 2.92. The average Bonchev–Trinajstić information content (AvgIpc) is 2.77. The van der Waals surface area contributed by atoms with Gasteiger partial charge in [-0.3, -0.25) is 9.10 Å². The maximum Gasteiger partial charge on any atom is 0.264 e. The van der Waals surface area contributed by atoms with Crippen LogP contribution in [0.1, 0.15) is 25.0 Å². The van der Waals surface area contributed by atoms with Gasteiger partial charge in [0, 0.05) is 26.2 Å². The van der Waals surface area contributed by atoms with Crippen molar-refractivity contribution in [3.05, 3.63) is 59.7 Å². The number of sulfonamides is 1. The van der Waals surface area contributed by atoms with Crippen molar-refractivity contribution in [1.82, 2.24) is 9.80 Å². The molecule has 2 aromatic carbocycles. The second-order valence-corrected chi connectivity index (χ2v) is 9.52. The number of anilines is 1. The van der Waals surface area contributed by atoms with Crippen molar-refractivity contribution in [1.29, 1.82) is 0 Å². The predicted molar refractivity (Wildman–Crippen MR) is 120 cm³/mol. The van der Waals surface area contributed by atoms with Crippen LogP contribution in [0.4, 0.5) is 5.69 Å². The van der Waals surface area contributed by atoms with Crippen LogP contribution in [0.5, 0.6) is 0 Å².